The number of carbonyl (C=O) groups excluding carboxylic acids is 10. The van der Waals surface area contributed by atoms with Crippen molar-refractivity contribution in [3.8, 4) is 22.5 Å². The number of aliphatic hydroxyl groups is 1. The number of aromatic nitrogens is 2. The third kappa shape index (κ3) is 19.6. The highest BCUT2D eigenvalue weighted by Crippen LogP contribution is 2.47. The number of benzene rings is 4. The standard InChI is InChI=1S/C80H99FN12O17/c1-11-80(105)55-37-62-66-52(39-93(62)71(98)54(55)42-106-72(80)99)64-57(33-32-47-44(4)56(81)38-61(87-66)63(47)64)89-75(102)107-40-45-28-30-46(31-29-45)86-68(95)59(27-20-36-84-73(82)100)88-70(97)65(43(2)3)92-69(96)60(90-76(103)108-41-53-50-23-14-12-21-48(50)49-22-13-15-24-51(49)53)26-16-18-34-83-67(94)58(91-77(104)110-79(8,9)10)25-17-19-35-85-74(101)109-78(5,6)7/h12-15,21-24,28-31,37-38,43,53,57-60,65,105H,11,16-20,25-27,32-36,39-42H2,1-10H3,(H,83,94)(H,85,101)(H,86,95)(H,88,97)(H,89,102)(H,90,103)(H,91,104)(H,92,96)(H3,82,84,100)/t57-,58?,59-,60-,65-,80-/m0/s1. The molecule has 0 bridgehead atoms. The summed E-state index contributed by atoms with van der Waals surface area (Å²) < 4.78 is 44.8. The fourth-order valence-corrected chi connectivity index (χ4v) is 14.3. The second-order valence-electron chi connectivity index (χ2n) is 30.5. The van der Waals surface area contributed by atoms with Gasteiger partial charge in [-0.2, -0.15) is 0 Å². The summed E-state index contributed by atoms with van der Waals surface area (Å²) in [5.74, 6) is -4.95. The maximum absolute atomic E-state index is 15.6. The quantitative estimate of drug-likeness (QED) is 0.0113. The van der Waals surface area contributed by atoms with Gasteiger partial charge in [-0.3, -0.25) is 24.0 Å². The second kappa shape index (κ2) is 35.0. The van der Waals surface area contributed by atoms with Gasteiger partial charge in [-0.15, -0.1) is 0 Å². The largest absolute Gasteiger partial charge is 0.458 e. The molecular formula is C80H99FN12O17. The van der Waals surface area contributed by atoms with Crippen molar-refractivity contribution in [3.63, 3.8) is 0 Å². The summed E-state index contributed by atoms with van der Waals surface area (Å²) in [6.07, 6.45) is -0.683. The van der Waals surface area contributed by atoms with Crippen LogP contribution in [-0.2, 0) is 79.4 Å². The maximum atomic E-state index is 15.6. The highest BCUT2D eigenvalue weighted by Gasteiger charge is 2.46. The smallest absolute Gasteiger partial charge is 0.408 e. The molecule has 2 aromatic heterocycles. The number of primary amides is 1. The van der Waals surface area contributed by atoms with E-state index in [1.807, 2.05) is 48.5 Å². The zero-order valence-electron chi connectivity index (χ0n) is 63.7. The predicted molar refractivity (Wildman–Crippen MR) is 404 cm³/mol. The van der Waals surface area contributed by atoms with E-state index in [4.69, 9.17) is 34.4 Å². The Hall–Kier alpha value is -11.2. The molecule has 10 amide bonds. The Kier molecular flexibility index (Phi) is 25.9. The lowest BCUT2D eigenvalue weighted by atomic mass is 9.81. The molecule has 0 spiro atoms. The van der Waals surface area contributed by atoms with Crippen LogP contribution in [0.2, 0.25) is 0 Å². The van der Waals surface area contributed by atoms with E-state index in [1.54, 1.807) is 99.6 Å². The van der Waals surface area contributed by atoms with E-state index < -0.39 is 124 Å². The Labute approximate surface area is 636 Å². The Bertz CT molecular complexity index is 4530. The number of hydrogen-bond acceptors (Lipinski definition) is 18. The number of rotatable bonds is 30. The molecule has 0 saturated carbocycles. The first-order chi connectivity index (χ1) is 52.2. The number of amides is 10. The fraction of sp³-hybridized carbons (Fsp3) is 0.475. The van der Waals surface area contributed by atoms with Crippen molar-refractivity contribution < 1.29 is 81.1 Å². The Morgan fingerprint density at radius 1 is 0.682 bits per heavy atom. The highest BCUT2D eigenvalue weighted by atomic mass is 19.1. The van der Waals surface area contributed by atoms with Gasteiger partial charge in [0.25, 0.3) is 5.56 Å². The number of anilines is 1. The topological polar surface area (TPSA) is 406 Å². The monoisotopic (exact) mass is 1520 g/mol. The molecule has 4 aromatic carbocycles. The molecule has 12 N–H and O–H groups in total. The van der Waals surface area contributed by atoms with Gasteiger partial charge < -0.3 is 86.9 Å². The number of cyclic esters (lactones) is 1. The molecule has 6 aromatic rings. The van der Waals surface area contributed by atoms with E-state index in [9.17, 15) is 57.8 Å². The van der Waals surface area contributed by atoms with Crippen molar-refractivity contribution in [1.82, 2.24) is 52.1 Å². The number of nitrogens with two attached hydrogens (primary N) is 1. The molecule has 1 unspecified atom stereocenters. The molecule has 0 saturated heterocycles. The van der Waals surface area contributed by atoms with Crippen LogP contribution in [0.5, 0.6) is 0 Å². The third-order valence-corrected chi connectivity index (χ3v) is 19.9. The van der Waals surface area contributed by atoms with Crippen molar-refractivity contribution in [2.45, 2.75) is 213 Å². The van der Waals surface area contributed by atoms with Gasteiger partial charge in [-0.1, -0.05) is 81.4 Å². The van der Waals surface area contributed by atoms with Crippen LogP contribution >= 0.6 is 0 Å². The molecule has 4 aliphatic rings. The Balaban J connectivity index is 0.784. The molecule has 588 valence electrons. The van der Waals surface area contributed by atoms with Gasteiger partial charge in [0.2, 0.25) is 23.6 Å². The maximum Gasteiger partial charge on any atom is 0.408 e. The average molecular weight is 1520 g/mol. The predicted octanol–water partition coefficient (Wildman–Crippen LogP) is 9.24. The van der Waals surface area contributed by atoms with E-state index >= 15 is 4.39 Å². The van der Waals surface area contributed by atoms with Crippen LogP contribution in [0.3, 0.4) is 0 Å². The summed E-state index contributed by atoms with van der Waals surface area (Å²) >= 11 is 0. The molecule has 29 nitrogen and oxygen atoms in total. The van der Waals surface area contributed by atoms with Crippen LogP contribution in [0.4, 0.5) is 34.1 Å². The second-order valence-corrected chi connectivity index (χ2v) is 30.5. The van der Waals surface area contributed by atoms with E-state index in [-0.39, 0.29) is 114 Å². The SMILES string of the molecule is CC[C@@]1(O)C(=O)OCc2c1cc1n(c2=O)Cc2c-1nc1cc(F)c(C)c3c1c2[C@@H](NC(=O)OCc1ccc(NC(=O)[C@H](CCCNC(N)=O)NC(=O)[C@@H](NC(=O)[C@H](CCCCNC(=O)C(CCCCNC(=O)OC(C)(C)C)NC(=O)OC(C)(C)C)NC(=O)OCC2c4ccccc4-c4ccccc42)C(C)C)cc1)CC3. The minimum absolute atomic E-state index is 0.00532. The minimum atomic E-state index is -2.08. The first-order valence-electron chi connectivity index (χ1n) is 37.4. The molecule has 110 heavy (non-hydrogen) atoms. The molecule has 30 heteroatoms. The van der Waals surface area contributed by atoms with Crippen LogP contribution in [-0.4, -0.2) is 136 Å². The van der Waals surface area contributed by atoms with Crippen molar-refractivity contribution in [2.24, 2.45) is 11.7 Å². The summed E-state index contributed by atoms with van der Waals surface area (Å²) in [5, 5.41) is 36.9. The lowest BCUT2D eigenvalue weighted by molar-refractivity contribution is -0.172. The fourth-order valence-electron chi connectivity index (χ4n) is 14.3. The Morgan fingerprint density at radius 3 is 1.92 bits per heavy atom. The van der Waals surface area contributed by atoms with Crippen molar-refractivity contribution in [3.05, 3.63) is 151 Å². The number of carbonyl (C=O) groups is 10. The highest BCUT2D eigenvalue weighted by molar-refractivity contribution is 5.99. The lowest BCUT2D eigenvalue weighted by Crippen LogP contribution is -2.58. The first kappa shape index (κ1) is 81.3. The van der Waals surface area contributed by atoms with E-state index in [0.29, 0.717) is 75.8 Å². The van der Waals surface area contributed by atoms with Gasteiger partial charge in [0, 0.05) is 53.8 Å². The number of ether oxygens (including phenoxy) is 5. The van der Waals surface area contributed by atoms with Crippen LogP contribution in [0.1, 0.15) is 189 Å². The zero-order chi connectivity index (χ0) is 79.5. The number of nitrogens with zero attached hydrogens (tertiary/aromatic N) is 2. The number of nitrogens with one attached hydrogen (secondary N) is 9. The van der Waals surface area contributed by atoms with Crippen molar-refractivity contribution in [1.29, 1.82) is 0 Å². The number of unbranched alkanes of at least 4 members (excludes halogenated alkanes) is 2. The van der Waals surface area contributed by atoms with Gasteiger partial charge in [-0.05, 0) is 188 Å². The number of aryl methyl sites for hydroxylation is 1. The van der Waals surface area contributed by atoms with Gasteiger partial charge in [-0.25, -0.2) is 38.1 Å². The number of esters is 1. The molecule has 0 radical (unpaired) electrons. The summed E-state index contributed by atoms with van der Waals surface area (Å²) in [7, 11) is 0. The van der Waals surface area contributed by atoms with Crippen LogP contribution in [0.25, 0.3) is 33.4 Å². The number of urea groups is 1. The Morgan fingerprint density at radius 2 is 1.28 bits per heavy atom. The van der Waals surface area contributed by atoms with Crippen LogP contribution < -0.4 is 59.1 Å². The van der Waals surface area contributed by atoms with Crippen molar-refractivity contribution >= 4 is 76.6 Å². The average Bonchev–Trinajstić information content (AvgIpc) is 1.48. The van der Waals surface area contributed by atoms with Gasteiger partial charge in [0.05, 0.1) is 35.1 Å². The number of halogens is 1. The first-order valence-corrected chi connectivity index (χ1v) is 37.4. The van der Waals surface area contributed by atoms with E-state index in [0.717, 1.165) is 22.3 Å². The number of hydrogen-bond donors (Lipinski definition) is 11. The summed E-state index contributed by atoms with van der Waals surface area (Å²) in [5.41, 5.74) is 9.57. The molecule has 4 heterocycles. The summed E-state index contributed by atoms with van der Waals surface area (Å²) in [6.45, 7) is 16.7. The molecule has 6 atom stereocenters. The summed E-state index contributed by atoms with van der Waals surface area (Å²) in [4.78, 5) is 154. The van der Waals surface area contributed by atoms with Crippen LogP contribution in [0, 0.1) is 18.7 Å². The minimum Gasteiger partial charge on any atom is -0.458 e. The lowest BCUT2D eigenvalue weighted by Gasteiger charge is -2.31. The third-order valence-electron chi connectivity index (χ3n) is 19.9. The molecule has 10 rings (SSSR count). The summed E-state index contributed by atoms with van der Waals surface area (Å²) in [6, 6.07) is 18.5. The van der Waals surface area contributed by atoms with Gasteiger partial charge >= 0.3 is 36.4 Å². The number of alkyl carbamates (subject to hydrolysis) is 4. The molecule has 2 aliphatic carbocycles. The molecular weight excluding hydrogens is 1420 g/mol. The number of fused-ring (bicyclic) bond motifs is 8. The molecule has 0 fully saturated rings. The van der Waals surface area contributed by atoms with Crippen molar-refractivity contribution in [2.75, 3.05) is 31.6 Å². The van der Waals surface area contributed by atoms with Gasteiger partial charge in [0.15, 0.2) is 5.60 Å². The molecule has 2 aliphatic heterocycles. The van der Waals surface area contributed by atoms with E-state index in [2.05, 4.69) is 47.9 Å². The van der Waals surface area contributed by atoms with Crippen LogP contribution in [0.15, 0.2) is 89.7 Å². The van der Waals surface area contributed by atoms with Gasteiger partial charge in [0.1, 0.15) is 61.0 Å². The normalized spacial score (nSPS) is 16.3. The zero-order valence-corrected chi connectivity index (χ0v) is 63.7. The van der Waals surface area contributed by atoms with E-state index in [1.165, 1.54) is 10.6 Å². The number of pyridine rings is 2.